The molecule has 3 heterocycles. The number of nitrogens with zero attached hydrogens (tertiary/aromatic N) is 3. The maximum absolute atomic E-state index is 4.45. The Morgan fingerprint density at radius 3 is 2.47 bits per heavy atom. The highest BCUT2D eigenvalue weighted by Crippen LogP contribution is 2.39. The van der Waals surface area contributed by atoms with Crippen LogP contribution in [-0.2, 0) is 0 Å². The number of hydrogen-bond donors (Lipinski definition) is 0. The fourth-order valence-electron chi connectivity index (χ4n) is 3.11. The third-order valence-electron chi connectivity index (χ3n) is 4.02. The summed E-state index contributed by atoms with van der Waals surface area (Å²) in [6.07, 6.45) is 9.47. The first-order valence-corrected chi connectivity index (χ1v) is 6.73. The van der Waals surface area contributed by atoms with Gasteiger partial charge in [0.05, 0.1) is 15.8 Å². The van der Waals surface area contributed by atoms with Gasteiger partial charge in [0.2, 0.25) is 0 Å². The van der Waals surface area contributed by atoms with Gasteiger partial charge in [0.25, 0.3) is 0 Å². The van der Waals surface area contributed by atoms with Crippen molar-refractivity contribution < 1.29 is 0 Å². The minimum Gasteiger partial charge on any atom is -0.300 e. The van der Waals surface area contributed by atoms with Crippen molar-refractivity contribution in [3.05, 3.63) is 16.0 Å². The van der Waals surface area contributed by atoms with Crippen LogP contribution in [-0.4, -0.2) is 33.8 Å². The van der Waals surface area contributed by atoms with Gasteiger partial charge >= 0.3 is 0 Å². The molecule has 1 aromatic heterocycles. The lowest BCUT2D eigenvalue weighted by molar-refractivity contribution is 0.131. The van der Waals surface area contributed by atoms with Crippen LogP contribution in [0.3, 0.4) is 0 Å². The minimum atomic E-state index is 0.641. The quantitative estimate of drug-likeness (QED) is 0.741. The summed E-state index contributed by atoms with van der Waals surface area (Å²) in [4.78, 5) is 2.57. The molecule has 3 nitrogen and oxygen atoms in total. The van der Waals surface area contributed by atoms with E-state index in [9.17, 15) is 0 Å². The Bertz CT molecular complexity index is 348. The average Bonchev–Trinajstić information content (AvgIpc) is 2.70. The number of hydrogen-bond acceptors (Lipinski definition) is 2. The van der Waals surface area contributed by atoms with Crippen LogP contribution in [0.25, 0.3) is 0 Å². The second kappa shape index (κ2) is 3.73. The molecule has 0 spiro atoms. The Kier molecular flexibility index (Phi) is 2.51. The first-order valence-electron chi connectivity index (χ1n) is 5.65. The Labute approximate surface area is 104 Å². The molecular formula is C11H16IN3. The summed E-state index contributed by atoms with van der Waals surface area (Å²) in [6.45, 7) is 0. The molecule has 2 fully saturated rings. The van der Waals surface area contributed by atoms with Gasteiger partial charge in [0, 0.05) is 18.3 Å². The molecule has 0 aromatic carbocycles. The summed E-state index contributed by atoms with van der Waals surface area (Å²) in [5, 5.41) is 4.45. The van der Waals surface area contributed by atoms with Gasteiger partial charge in [-0.15, -0.1) is 0 Å². The molecule has 4 heteroatoms. The number of rotatable bonds is 1. The molecule has 2 saturated heterocycles. The van der Waals surface area contributed by atoms with Crippen LogP contribution in [0.1, 0.15) is 31.7 Å². The van der Waals surface area contributed by atoms with Gasteiger partial charge in [-0.2, -0.15) is 5.10 Å². The predicted molar refractivity (Wildman–Crippen MR) is 67.8 cm³/mol. The minimum absolute atomic E-state index is 0.641. The van der Waals surface area contributed by atoms with E-state index in [0.717, 1.165) is 12.1 Å². The van der Waals surface area contributed by atoms with E-state index in [1.165, 1.54) is 29.3 Å². The summed E-state index contributed by atoms with van der Waals surface area (Å²) >= 11 is 2.33. The predicted octanol–water partition coefficient (Wildman–Crippen LogP) is 2.29. The van der Waals surface area contributed by atoms with Gasteiger partial charge < -0.3 is 4.90 Å². The highest BCUT2D eigenvalue weighted by atomic mass is 127. The van der Waals surface area contributed by atoms with Gasteiger partial charge in [-0.1, -0.05) is 0 Å². The molecule has 0 amide bonds. The normalized spacial score (nSPS) is 36.0. The molecule has 82 valence electrons. The number of fused-ring (bicyclic) bond motifs is 2. The largest absolute Gasteiger partial charge is 0.300 e. The Balaban J connectivity index is 1.80. The Morgan fingerprint density at radius 1 is 1.27 bits per heavy atom. The van der Waals surface area contributed by atoms with Crippen molar-refractivity contribution in [1.29, 1.82) is 0 Å². The van der Waals surface area contributed by atoms with E-state index in [2.05, 4.69) is 50.5 Å². The molecule has 0 radical (unpaired) electrons. The van der Waals surface area contributed by atoms with E-state index in [-0.39, 0.29) is 0 Å². The first kappa shape index (κ1) is 10.1. The van der Waals surface area contributed by atoms with Crippen molar-refractivity contribution in [1.82, 2.24) is 14.7 Å². The van der Waals surface area contributed by atoms with Crippen LogP contribution < -0.4 is 0 Å². The zero-order chi connectivity index (χ0) is 10.4. The summed E-state index contributed by atoms with van der Waals surface area (Å²) in [6, 6.07) is 2.24. The summed E-state index contributed by atoms with van der Waals surface area (Å²) in [7, 11) is 2.28. The fourth-order valence-corrected chi connectivity index (χ4v) is 3.52. The van der Waals surface area contributed by atoms with Gasteiger partial charge in [0.15, 0.2) is 0 Å². The molecule has 0 aliphatic carbocycles. The lowest BCUT2D eigenvalue weighted by Gasteiger charge is -2.36. The van der Waals surface area contributed by atoms with Crippen molar-refractivity contribution in [3.63, 3.8) is 0 Å². The van der Waals surface area contributed by atoms with E-state index in [1.54, 1.807) is 0 Å². The fraction of sp³-hybridized carbons (Fsp3) is 0.727. The van der Waals surface area contributed by atoms with E-state index in [4.69, 9.17) is 0 Å². The van der Waals surface area contributed by atoms with Crippen molar-refractivity contribution in [2.75, 3.05) is 7.05 Å². The number of piperidine rings is 1. The molecule has 0 saturated carbocycles. The number of halogens is 1. The third kappa shape index (κ3) is 1.71. The van der Waals surface area contributed by atoms with Gasteiger partial charge in [-0.25, -0.2) is 0 Å². The summed E-state index contributed by atoms with van der Waals surface area (Å²) in [5.41, 5.74) is 0. The van der Waals surface area contributed by atoms with E-state index < -0.39 is 0 Å². The van der Waals surface area contributed by atoms with Crippen molar-refractivity contribution >= 4 is 22.6 Å². The molecule has 2 aliphatic heterocycles. The molecule has 3 rings (SSSR count). The maximum atomic E-state index is 4.45. The Morgan fingerprint density at radius 2 is 1.93 bits per heavy atom. The molecule has 0 N–H and O–H groups in total. The number of aromatic nitrogens is 2. The summed E-state index contributed by atoms with van der Waals surface area (Å²) in [5.74, 6) is 0. The van der Waals surface area contributed by atoms with Crippen molar-refractivity contribution in [3.8, 4) is 0 Å². The van der Waals surface area contributed by atoms with Crippen LogP contribution in [0.2, 0.25) is 0 Å². The second-order valence-electron chi connectivity index (χ2n) is 4.81. The molecule has 1 aromatic rings. The van der Waals surface area contributed by atoms with E-state index in [1.807, 2.05) is 6.20 Å². The lowest BCUT2D eigenvalue weighted by atomic mass is 9.98. The van der Waals surface area contributed by atoms with Gasteiger partial charge in [0.1, 0.15) is 0 Å². The van der Waals surface area contributed by atoms with Crippen LogP contribution in [0.15, 0.2) is 12.4 Å². The van der Waals surface area contributed by atoms with Crippen LogP contribution in [0.4, 0.5) is 0 Å². The van der Waals surface area contributed by atoms with Gasteiger partial charge in [-0.05, 0) is 55.3 Å². The third-order valence-corrected chi connectivity index (χ3v) is 4.57. The first-order chi connectivity index (χ1) is 7.24. The highest BCUT2D eigenvalue weighted by Gasteiger charge is 2.39. The SMILES string of the molecule is CN1[C@@H]2CC[C@H]1C[C@H](n1cc(I)cn1)C2. The van der Waals surface area contributed by atoms with Crippen LogP contribution in [0, 0.1) is 3.57 Å². The van der Waals surface area contributed by atoms with Gasteiger partial charge in [-0.3, -0.25) is 4.68 Å². The average molecular weight is 317 g/mol. The smallest absolute Gasteiger partial charge is 0.0623 e. The molecule has 0 unspecified atom stereocenters. The van der Waals surface area contributed by atoms with Crippen molar-refractivity contribution in [2.24, 2.45) is 0 Å². The molecule has 15 heavy (non-hydrogen) atoms. The van der Waals surface area contributed by atoms with E-state index >= 15 is 0 Å². The Hall–Kier alpha value is -0.100. The zero-order valence-electron chi connectivity index (χ0n) is 8.93. The summed E-state index contributed by atoms with van der Waals surface area (Å²) < 4.78 is 3.43. The molecule has 3 atom stereocenters. The zero-order valence-corrected chi connectivity index (χ0v) is 11.1. The molecular weight excluding hydrogens is 301 g/mol. The monoisotopic (exact) mass is 317 g/mol. The lowest BCUT2D eigenvalue weighted by Crippen LogP contribution is -2.40. The van der Waals surface area contributed by atoms with Crippen LogP contribution >= 0.6 is 22.6 Å². The topological polar surface area (TPSA) is 21.1 Å². The van der Waals surface area contributed by atoms with Crippen molar-refractivity contribution in [2.45, 2.75) is 43.8 Å². The standard InChI is InChI=1S/C11H16IN3/c1-14-9-2-3-10(14)5-11(4-9)15-7-8(12)6-13-15/h6-7,9-11H,2-5H2,1H3/t9-,10+,11-. The maximum Gasteiger partial charge on any atom is 0.0623 e. The highest BCUT2D eigenvalue weighted by molar-refractivity contribution is 14.1. The molecule has 2 aliphatic rings. The van der Waals surface area contributed by atoms with Crippen LogP contribution in [0.5, 0.6) is 0 Å². The second-order valence-corrected chi connectivity index (χ2v) is 6.06. The molecule has 2 bridgehead atoms. The van der Waals surface area contributed by atoms with E-state index in [0.29, 0.717) is 6.04 Å².